The van der Waals surface area contributed by atoms with Gasteiger partial charge in [0.05, 0.1) is 6.61 Å². The van der Waals surface area contributed by atoms with Gasteiger partial charge in [0.25, 0.3) is 0 Å². The Morgan fingerprint density at radius 2 is 2.06 bits per heavy atom. The molecule has 16 heavy (non-hydrogen) atoms. The first-order chi connectivity index (χ1) is 7.80. The average Bonchev–Trinajstić information content (AvgIpc) is 2.29. The number of hydrogen-bond donors (Lipinski definition) is 1. The number of ether oxygens (including phenoxy) is 1. The third kappa shape index (κ3) is 4.04. The van der Waals surface area contributed by atoms with Gasteiger partial charge in [0.15, 0.2) is 0 Å². The van der Waals surface area contributed by atoms with Crippen LogP contribution in [0.25, 0.3) is 0 Å². The van der Waals surface area contributed by atoms with Crippen molar-refractivity contribution in [2.75, 3.05) is 19.0 Å². The van der Waals surface area contributed by atoms with E-state index in [1.54, 1.807) is 0 Å². The van der Waals surface area contributed by atoms with Crippen LogP contribution >= 0.6 is 0 Å². The summed E-state index contributed by atoms with van der Waals surface area (Å²) in [5.41, 5.74) is 0. The van der Waals surface area contributed by atoms with Crippen molar-refractivity contribution < 1.29 is 4.74 Å². The fourth-order valence-corrected chi connectivity index (χ4v) is 1.33. The highest BCUT2D eigenvalue weighted by Crippen LogP contribution is 2.14. The lowest BCUT2D eigenvalue weighted by molar-refractivity contribution is 0.296. The van der Waals surface area contributed by atoms with Crippen LogP contribution in [0, 0.1) is 0 Å². The van der Waals surface area contributed by atoms with E-state index in [1.165, 1.54) is 0 Å². The summed E-state index contributed by atoms with van der Waals surface area (Å²) in [5, 5.41) is 3.03. The molecule has 0 radical (unpaired) electrons. The number of nitrogens with zero attached hydrogens (tertiary/aromatic N) is 2. The van der Waals surface area contributed by atoms with E-state index in [1.807, 2.05) is 13.1 Å². The van der Waals surface area contributed by atoms with E-state index in [0.29, 0.717) is 5.88 Å². The second-order valence-corrected chi connectivity index (χ2v) is 3.71. The maximum Gasteiger partial charge on any atom is 0.218 e. The predicted octanol–water partition coefficient (Wildman–Crippen LogP) is 2.65. The Bertz CT molecular complexity index is 315. The number of unbranched alkanes of at least 4 members (excludes halogenated alkanes) is 1. The van der Waals surface area contributed by atoms with Gasteiger partial charge in [0.1, 0.15) is 11.6 Å². The minimum Gasteiger partial charge on any atom is -0.478 e. The molecular formula is C12H21N3O. The Morgan fingerprint density at radius 3 is 2.69 bits per heavy atom. The maximum absolute atomic E-state index is 5.58. The highest BCUT2D eigenvalue weighted by Gasteiger charge is 2.03. The van der Waals surface area contributed by atoms with Gasteiger partial charge in [-0.3, -0.25) is 0 Å². The van der Waals surface area contributed by atoms with Crippen LogP contribution in [0.2, 0.25) is 0 Å². The van der Waals surface area contributed by atoms with E-state index >= 15 is 0 Å². The zero-order chi connectivity index (χ0) is 11.8. The molecule has 0 unspecified atom stereocenters. The Hall–Kier alpha value is -1.32. The summed E-state index contributed by atoms with van der Waals surface area (Å²) in [7, 11) is 1.86. The van der Waals surface area contributed by atoms with Gasteiger partial charge in [0, 0.05) is 19.5 Å². The van der Waals surface area contributed by atoms with Gasteiger partial charge < -0.3 is 10.1 Å². The van der Waals surface area contributed by atoms with E-state index in [2.05, 4.69) is 29.1 Å². The topological polar surface area (TPSA) is 47.0 Å². The molecule has 90 valence electrons. The first-order valence-corrected chi connectivity index (χ1v) is 5.98. The van der Waals surface area contributed by atoms with Gasteiger partial charge in [0.2, 0.25) is 5.88 Å². The fourth-order valence-electron chi connectivity index (χ4n) is 1.33. The molecule has 4 nitrogen and oxygen atoms in total. The molecule has 0 fully saturated rings. The number of rotatable bonds is 7. The van der Waals surface area contributed by atoms with Gasteiger partial charge in [-0.15, -0.1) is 0 Å². The van der Waals surface area contributed by atoms with E-state index in [9.17, 15) is 0 Å². The van der Waals surface area contributed by atoms with Crippen molar-refractivity contribution in [3.63, 3.8) is 0 Å². The fraction of sp³-hybridized carbons (Fsp3) is 0.667. The molecule has 1 rings (SSSR count). The molecule has 0 aliphatic heterocycles. The smallest absolute Gasteiger partial charge is 0.218 e. The minimum atomic E-state index is 0.677. The molecule has 1 heterocycles. The SMILES string of the molecule is CCCCOc1cc(NC)nc(CCC)n1. The summed E-state index contributed by atoms with van der Waals surface area (Å²) in [6.07, 6.45) is 4.12. The van der Waals surface area contributed by atoms with Crippen LogP contribution in [0.1, 0.15) is 38.9 Å². The Morgan fingerprint density at radius 1 is 1.25 bits per heavy atom. The number of aromatic nitrogens is 2. The lowest BCUT2D eigenvalue weighted by Gasteiger charge is -2.08. The monoisotopic (exact) mass is 223 g/mol. The van der Waals surface area contributed by atoms with Gasteiger partial charge in [-0.05, 0) is 12.8 Å². The Kier molecular flexibility index (Phi) is 5.61. The van der Waals surface area contributed by atoms with Crippen molar-refractivity contribution in [1.82, 2.24) is 9.97 Å². The Balaban J connectivity index is 2.69. The van der Waals surface area contributed by atoms with Crippen LogP contribution in [0.4, 0.5) is 5.82 Å². The lowest BCUT2D eigenvalue weighted by atomic mass is 10.3. The highest BCUT2D eigenvalue weighted by atomic mass is 16.5. The summed E-state index contributed by atoms with van der Waals surface area (Å²) < 4.78 is 5.58. The lowest BCUT2D eigenvalue weighted by Crippen LogP contribution is -2.04. The second kappa shape index (κ2) is 7.04. The van der Waals surface area contributed by atoms with Crippen molar-refractivity contribution in [1.29, 1.82) is 0 Å². The summed E-state index contributed by atoms with van der Waals surface area (Å²) in [6.45, 7) is 4.99. The van der Waals surface area contributed by atoms with Gasteiger partial charge in [-0.2, -0.15) is 4.98 Å². The standard InChI is InChI=1S/C12H21N3O/c1-4-6-8-16-12-9-11(13-3)14-10(15-12)7-5-2/h9H,4-8H2,1-3H3,(H,13,14,15). The van der Waals surface area contributed by atoms with E-state index in [0.717, 1.165) is 43.9 Å². The van der Waals surface area contributed by atoms with Crippen molar-refractivity contribution in [3.8, 4) is 5.88 Å². The van der Waals surface area contributed by atoms with Crippen molar-refractivity contribution in [2.24, 2.45) is 0 Å². The summed E-state index contributed by atoms with van der Waals surface area (Å²) in [4.78, 5) is 8.74. The number of nitrogens with one attached hydrogen (secondary N) is 1. The number of aryl methyl sites for hydroxylation is 1. The van der Waals surface area contributed by atoms with Crippen molar-refractivity contribution in [3.05, 3.63) is 11.9 Å². The van der Waals surface area contributed by atoms with Crippen LogP contribution in [0.15, 0.2) is 6.07 Å². The number of hydrogen-bond acceptors (Lipinski definition) is 4. The highest BCUT2D eigenvalue weighted by molar-refractivity contribution is 5.37. The molecule has 0 amide bonds. The van der Waals surface area contributed by atoms with Crippen LogP contribution in [0.5, 0.6) is 5.88 Å². The molecule has 0 aromatic carbocycles. The van der Waals surface area contributed by atoms with E-state index < -0.39 is 0 Å². The second-order valence-electron chi connectivity index (χ2n) is 3.71. The third-order valence-electron chi connectivity index (χ3n) is 2.23. The summed E-state index contributed by atoms with van der Waals surface area (Å²) >= 11 is 0. The Labute approximate surface area is 97.5 Å². The van der Waals surface area contributed by atoms with E-state index in [-0.39, 0.29) is 0 Å². The molecule has 1 aromatic heterocycles. The molecule has 0 aliphatic carbocycles. The molecule has 0 bridgehead atoms. The first-order valence-electron chi connectivity index (χ1n) is 5.98. The van der Waals surface area contributed by atoms with Crippen LogP contribution in [0.3, 0.4) is 0 Å². The number of anilines is 1. The normalized spacial score (nSPS) is 10.2. The minimum absolute atomic E-state index is 0.677. The quantitative estimate of drug-likeness (QED) is 0.722. The van der Waals surface area contributed by atoms with Crippen molar-refractivity contribution >= 4 is 5.82 Å². The van der Waals surface area contributed by atoms with Gasteiger partial charge in [-0.1, -0.05) is 20.3 Å². The molecule has 0 aliphatic rings. The van der Waals surface area contributed by atoms with Gasteiger partial charge >= 0.3 is 0 Å². The molecular weight excluding hydrogens is 202 g/mol. The van der Waals surface area contributed by atoms with Crippen LogP contribution in [-0.2, 0) is 6.42 Å². The molecule has 0 saturated carbocycles. The molecule has 0 atom stereocenters. The van der Waals surface area contributed by atoms with Crippen LogP contribution in [-0.4, -0.2) is 23.6 Å². The summed E-state index contributed by atoms with van der Waals surface area (Å²) in [5.74, 6) is 2.35. The van der Waals surface area contributed by atoms with Gasteiger partial charge in [-0.25, -0.2) is 4.98 Å². The predicted molar refractivity (Wildman–Crippen MR) is 66.0 cm³/mol. The van der Waals surface area contributed by atoms with Crippen molar-refractivity contribution in [2.45, 2.75) is 39.5 Å². The zero-order valence-corrected chi connectivity index (χ0v) is 10.4. The van der Waals surface area contributed by atoms with E-state index in [4.69, 9.17) is 4.74 Å². The molecule has 1 N–H and O–H groups in total. The van der Waals surface area contributed by atoms with Crippen LogP contribution < -0.4 is 10.1 Å². The maximum atomic E-state index is 5.58. The largest absolute Gasteiger partial charge is 0.478 e. The first kappa shape index (κ1) is 12.7. The molecule has 0 spiro atoms. The molecule has 4 heteroatoms. The molecule has 0 saturated heterocycles. The average molecular weight is 223 g/mol. The third-order valence-corrected chi connectivity index (χ3v) is 2.23. The summed E-state index contributed by atoms with van der Waals surface area (Å²) in [6, 6.07) is 1.84. The zero-order valence-electron chi connectivity index (χ0n) is 10.4. The molecule has 1 aromatic rings.